The van der Waals surface area contributed by atoms with Gasteiger partial charge in [0.25, 0.3) is 5.91 Å². The lowest BCUT2D eigenvalue weighted by atomic mass is 10.3. The number of carbonyl (C=O) groups excluding carboxylic acids is 1. The number of hydrogen-bond donors (Lipinski definition) is 2. The van der Waals surface area contributed by atoms with Crippen molar-refractivity contribution >= 4 is 17.7 Å². The van der Waals surface area contributed by atoms with Crippen LogP contribution in [-0.2, 0) is 5.75 Å². The van der Waals surface area contributed by atoms with Crippen LogP contribution in [0.5, 0.6) is 0 Å². The number of furan rings is 1. The molecule has 0 spiro atoms. The van der Waals surface area contributed by atoms with E-state index in [2.05, 4.69) is 0 Å². The summed E-state index contributed by atoms with van der Waals surface area (Å²) in [5.74, 6) is 1.45. The number of amides is 1. The fourth-order valence-corrected chi connectivity index (χ4v) is 2.24. The van der Waals surface area contributed by atoms with E-state index < -0.39 is 12.2 Å². The van der Waals surface area contributed by atoms with E-state index in [-0.39, 0.29) is 24.8 Å². The van der Waals surface area contributed by atoms with Crippen LogP contribution in [0.2, 0.25) is 0 Å². The molecule has 1 aliphatic rings. The van der Waals surface area contributed by atoms with E-state index in [9.17, 15) is 15.0 Å². The van der Waals surface area contributed by atoms with Crippen LogP contribution in [0.15, 0.2) is 16.5 Å². The average molecular weight is 257 g/mol. The quantitative estimate of drug-likeness (QED) is 0.816. The molecular formula is C11H15NO4S. The van der Waals surface area contributed by atoms with E-state index in [1.807, 2.05) is 6.26 Å². The minimum Gasteiger partial charge on any atom is -0.455 e. The van der Waals surface area contributed by atoms with E-state index in [0.29, 0.717) is 0 Å². The Morgan fingerprint density at radius 2 is 2.12 bits per heavy atom. The lowest BCUT2D eigenvalue weighted by molar-refractivity contribution is 0.0572. The number of nitrogens with zero attached hydrogens (tertiary/aromatic N) is 1. The summed E-state index contributed by atoms with van der Waals surface area (Å²) in [5, 5.41) is 18.8. The molecule has 2 atom stereocenters. The summed E-state index contributed by atoms with van der Waals surface area (Å²) in [6, 6.07) is 3.40. The largest absolute Gasteiger partial charge is 0.455 e. The number of likely N-dealkylation sites (tertiary alicyclic amines) is 1. The molecule has 1 fully saturated rings. The maximum Gasteiger partial charge on any atom is 0.289 e. The lowest BCUT2D eigenvalue weighted by Crippen LogP contribution is -2.29. The molecule has 17 heavy (non-hydrogen) atoms. The third-order valence-corrected chi connectivity index (χ3v) is 3.28. The first-order chi connectivity index (χ1) is 8.11. The molecule has 1 aromatic heterocycles. The maximum atomic E-state index is 12.0. The van der Waals surface area contributed by atoms with Crippen LogP contribution >= 0.6 is 11.8 Å². The van der Waals surface area contributed by atoms with Crippen molar-refractivity contribution in [1.29, 1.82) is 0 Å². The predicted molar refractivity (Wildman–Crippen MR) is 63.8 cm³/mol. The van der Waals surface area contributed by atoms with Crippen LogP contribution < -0.4 is 0 Å². The van der Waals surface area contributed by atoms with Gasteiger partial charge in [0.2, 0.25) is 0 Å². The number of rotatable bonds is 3. The molecule has 2 rings (SSSR count). The Hall–Kier alpha value is -0.980. The number of carbonyl (C=O) groups is 1. The van der Waals surface area contributed by atoms with E-state index in [1.165, 1.54) is 4.90 Å². The standard InChI is InChI=1S/C11H15NO4S/c1-17-6-7-2-3-10(16-7)11(15)12-4-8(13)9(14)5-12/h2-3,8-9,13-14H,4-6H2,1H3. The fraction of sp³-hybridized carbons (Fsp3) is 0.545. The molecule has 0 radical (unpaired) electrons. The van der Waals surface area contributed by atoms with Gasteiger partial charge in [0.1, 0.15) is 5.76 Å². The molecule has 1 saturated heterocycles. The summed E-state index contributed by atoms with van der Waals surface area (Å²) < 4.78 is 5.39. The highest BCUT2D eigenvalue weighted by Crippen LogP contribution is 2.18. The van der Waals surface area contributed by atoms with Crippen LogP contribution in [0, 0.1) is 0 Å². The van der Waals surface area contributed by atoms with Gasteiger partial charge < -0.3 is 19.5 Å². The molecule has 94 valence electrons. The van der Waals surface area contributed by atoms with Gasteiger partial charge >= 0.3 is 0 Å². The van der Waals surface area contributed by atoms with Gasteiger partial charge in [-0.05, 0) is 18.4 Å². The number of aliphatic hydroxyl groups is 2. The third kappa shape index (κ3) is 2.65. The Labute approximate surface area is 103 Å². The Balaban J connectivity index is 2.04. The zero-order valence-corrected chi connectivity index (χ0v) is 10.3. The maximum absolute atomic E-state index is 12.0. The van der Waals surface area contributed by atoms with Gasteiger partial charge in [0.05, 0.1) is 18.0 Å². The van der Waals surface area contributed by atoms with Gasteiger partial charge in [-0.15, -0.1) is 0 Å². The molecule has 6 heteroatoms. The predicted octanol–water partition coefficient (Wildman–Crippen LogP) is 0.320. The molecule has 1 aliphatic heterocycles. The van der Waals surface area contributed by atoms with Crippen molar-refractivity contribution in [3.8, 4) is 0 Å². The topological polar surface area (TPSA) is 73.9 Å². The first-order valence-corrected chi connectivity index (χ1v) is 6.74. The van der Waals surface area contributed by atoms with Crippen LogP contribution in [0.3, 0.4) is 0 Å². The zero-order chi connectivity index (χ0) is 12.4. The van der Waals surface area contributed by atoms with Crippen LogP contribution in [0.4, 0.5) is 0 Å². The second-order valence-corrected chi connectivity index (χ2v) is 4.91. The molecule has 5 nitrogen and oxygen atoms in total. The normalized spacial score (nSPS) is 24.3. The highest BCUT2D eigenvalue weighted by Gasteiger charge is 2.33. The molecule has 2 unspecified atom stereocenters. The highest BCUT2D eigenvalue weighted by atomic mass is 32.2. The molecule has 0 aromatic carbocycles. The van der Waals surface area contributed by atoms with Crippen molar-refractivity contribution in [1.82, 2.24) is 4.90 Å². The van der Waals surface area contributed by atoms with Crippen LogP contribution in [0.1, 0.15) is 16.3 Å². The van der Waals surface area contributed by atoms with Gasteiger partial charge in [-0.3, -0.25) is 4.79 Å². The van der Waals surface area contributed by atoms with Gasteiger partial charge in [-0.25, -0.2) is 0 Å². The number of aliphatic hydroxyl groups excluding tert-OH is 2. The van der Waals surface area contributed by atoms with Crippen molar-refractivity contribution in [2.24, 2.45) is 0 Å². The van der Waals surface area contributed by atoms with Crippen molar-refractivity contribution in [3.63, 3.8) is 0 Å². The number of hydrogen-bond acceptors (Lipinski definition) is 5. The van der Waals surface area contributed by atoms with E-state index in [1.54, 1.807) is 23.9 Å². The van der Waals surface area contributed by atoms with Crippen molar-refractivity contribution in [2.45, 2.75) is 18.0 Å². The minimum atomic E-state index is -0.861. The molecule has 1 amide bonds. The van der Waals surface area contributed by atoms with Crippen molar-refractivity contribution < 1.29 is 19.4 Å². The lowest BCUT2D eigenvalue weighted by Gasteiger charge is -2.12. The average Bonchev–Trinajstić information content (AvgIpc) is 2.87. The molecule has 0 aliphatic carbocycles. The summed E-state index contributed by atoms with van der Waals surface area (Å²) in [7, 11) is 0. The first-order valence-electron chi connectivity index (χ1n) is 5.35. The minimum absolute atomic E-state index is 0.151. The molecule has 1 aromatic rings. The van der Waals surface area contributed by atoms with Gasteiger partial charge in [0, 0.05) is 13.1 Å². The smallest absolute Gasteiger partial charge is 0.289 e. The van der Waals surface area contributed by atoms with Crippen LogP contribution in [-0.4, -0.2) is 52.6 Å². The molecule has 2 heterocycles. The van der Waals surface area contributed by atoms with E-state index in [4.69, 9.17) is 4.42 Å². The number of thioether (sulfide) groups is 1. The first kappa shape index (κ1) is 12.5. The second-order valence-electron chi connectivity index (χ2n) is 4.04. The highest BCUT2D eigenvalue weighted by molar-refractivity contribution is 7.97. The summed E-state index contributed by atoms with van der Waals surface area (Å²) in [6.07, 6.45) is 0.233. The van der Waals surface area contributed by atoms with E-state index >= 15 is 0 Å². The van der Waals surface area contributed by atoms with Crippen LogP contribution in [0.25, 0.3) is 0 Å². The monoisotopic (exact) mass is 257 g/mol. The summed E-state index contributed by atoms with van der Waals surface area (Å²) >= 11 is 1.61. The summed E-state index contributed by atoms with van der Waals surface area (Å²) in [5.41, 5.74) is 0. The molecule has 2 N–H and O–H groups in total. The zero-order valence-electron chi connectivity index (χ0n) is 9.50. The Bertz CT molecular complexity index is 396. The Morgan fingerprint density at radius 1 is 1.47 bits per heavy atom. The molecule has 0 saturated carbocycles. The second kappa shape index (κ2) is 5.12. The van der Waals surface area contributed by atoms with E-state index in [0.717, 1.165) is 11.5 Å². The molecular weight excluding hydrogens is 242 g/mol. The van der Waals surface area contributed by atoms with Crippen molar-refractivity contribution in [2.75, 3.05) is 19.3 Å². The number of β-amino-alcohol motifs (C(OH)–C–C–N with tert-alkyl or cyclic N) is 2. The Kier molecular flexibility index (Phi) is 3.76. The fourth-order valence-electron chi connectivity index (χ4n) is 1.80. The SMILES string of the molecule is CSCc1ccc(C(=O)N2CC(O)C(O)C2)o1. The Morgan fingerprint density at radius 3 is 2.71 bits per heavy atom. The van der Waals surface area contributed by atoms with Gasteiger partial charge in [-0.1, -0.05) is 0 Å². The van der Waals surface area contributed by atoms with Crippen molar-refractivity contribution in [3.05, 3.63) is 23.7 Å². The molecule has 0 bridgehead atoms. The van der Waals surface area contributed by atoms with Gasteiger partial charge in [0.15, 0.2) is 5.76 Å². The van der Waals surface area contributed by atoms with Gasteiger partial charge in [-0.2, -0.15) is 11.8 Å². The third-order valence-electron chi connectivity index (χ3n) is 2.71. The summed E-state index contributed by atoms with van der Waals surface area (Å²) in [6.45, 7) is 0.303. The summed E-state index contributed by atoms with van der Waals surface area (Å²) in [4.78, 5) is 13.4.